The zero-order valence-electron chi connectivity index (χ0n) is 17.2. The Labute approximate surface area is 176 Å². The van der Waals surface area contributed by atoms with Gasteiger partial charge in [-0.3, -0.25) is 0 Å². The van der Waals surface area contributed by atoms with E-state index in [1.165, 1.54) is 11.1 Å². The van der Waals surface area contributed by atoms with Gasteiger partial charge in [-0.15, -0.1) is 0 Å². The van der Waals surface area contributed by atoms with E-state index >= 15 is 0 Å². The Morgan fingerprint density at radius 3 is 2.83 bits per heavy atom. The summed E-state index contributed by atoms with van der Waals surface area (Å²) in [5.74, 6) is 0.918. The van der Waals surface area contributed by atoms with Crippen LogP contribution in [0.1, 0.15) is 56.3 Å². The van der Waals surface area contributed by atoms with E-state index in [4.69, 9.17) is 16.3 Å². The van der Waals surface area contributed by atoms with Crippen molar-refractivity contribution in [1.29, 1.82) is 0 Å². The molecule has 2 aliphatic heterocycles. The molecule has 2 aliphatic rings. The topological polar surface area (TPSA) is 58.6 Å². The van der Waals surface area contributed by atoms with Gasteiger partial charge in [0.05, 0.1) is 6.04 Å². The fraction of sp³-hybridized carbons (Fsp3) is 0.500. The van der Waals surface area contributed by atoms with Crippen LogP contribution in [-0.2, 0) is 17.7 Å². The number of hydrogen-bond acceptors (Lipinski definition) is 5. The minimum absolute atomic E-state index is 0.0114. The molecule has 7 heteroatoms. The van der Waals surface area contributed by atoms with Gasteiger partial charge in [-0.2, -0.15) is 0 Å². The highest BCUT2D eigenvalue weighted by atomic mass is 35.5. The van der Waals surface area contributed by atoms with Gasteiger partial charge in [-0.25, -0.2) is 14.8 Å². The lowest BCUT2D eigenvalue weighted by Crippen LogP contribution is -2.37. The number of hydrogen-bond donors (Lipinski definition) is 0. The number of carbonyl (C=O) groups excluding carboxylic acids is 1. The summed E-state index contributed by atoms with van der Waals surface area (Å²) in [5.41, 5.74) is 3.13. The summed E-state index contributed by atoms with van der Waals surface area (Å²) in [5, 5.41) is 0.727. The van der Waals surface area contributed by atoms with Crippen LogP contribution in [0.4, 0.5) is 10.6 Å². The summed E-state index contributed by atoms with van der Waals surface area (Å²) in [6.45, 7) is 8.03. The second-order valence-corrected chi connectivity index (χ2v) is 9.14. The molecule has 0 aliphatic carbocycles. The molecule has 2 aromatic rings. The summed E-state index contributed by atoms with van der Waals surface area (Å²) in [6.07, 6.45) is 5.86. The van der Waals surface area contributed by atoms with Crippen LogP contribution in [0.15, 0.2) is 30.7 Å². The maximum absolute atomic E-state index is 12.8. The van der Waals surface area contributed by atoms with Crippen LogP contribution >= 0.6 is 11.6 Å². The van der Waals surface area contributed by atoms with E-state index in [1.807, 2.05) is 37.8 Å². The van der Waals surface area contributed by atoms with Gasteiger partial charge < -0.3 is 14.5 Å². The Morgan fingerprint density at radius 2 is 2.10 bits per heavy atom. The molecule has 29 heavy (non-hydrogen) atoms. The molecule has 1 aromatic carbocycles. The third-order valence-electron chi connectivity index (χ3n) is 5.47. The number of amides is 1. The van der Waals surface area contributed by atoms with E-state index in [2.05, 4.69) is 20.9 Å². The first-order valence-electron chi connectivity index (χ1n) is 10.1. The van der Waals surface area contributed by atoms with Crippen LogP contribution in [-0.4, -0.2) is 39.7 Å². The summed E-state index contributed by atoms with van der Waals surface area (Å²) >= 11 is 6.48. The van der Waals surface area contributed by atoms with Gasteiger partial charge in [0.2, 0.25) is 0 Å². The zero-order chi connectivity index (χ0) is 20.6. The molecule has 0 bridgehead atoms. The van der Waals surface area contributed by atoms with Crippen molar-refractivity contribution in [2.45, 2.75) is 58.2 Å². The maximum atomic E-state index is 12.8. The van der Waals surface area contributed by atoms with Crippen molar-refractivity contribution in [2.75, 3.05) is 18.0 Å². The number of carbonyl (C=O) groups is 1. The molecule has 0 N–H and O–H groups in total. The largest absolute Gasteiger partial charge is 0.444 e. The highest BCUT2D eigenvalue weighted by Crippen LogP contribution is 2.39. The summed E-state index contributed by atoms with van der Waals surface area (Å²) < 4.78 is 5.66. The standard InChI is InChI=1S/C22H27ClN4O2/c1-22(2,3)29-21(28)27-9-4-5-19(27)17-12-16(23)11-15-7-10-26(13-18(15)17)20-6-8-24-14-25-20/h6,8,11-12,14,19H,4-5,7,9-10,13H2,1-3H3. The first-order valence-corrected chi connectivity index (χ1v) is 10.5. The third-order valence-corrected chi connectivity index (χ3v) is 5.69. The second-order valence-electron chi connectivity index (χ2n) is 8.70. The van der Waals surface area contributed by atoms with Crippen molar-refractivity contribution in [2.24, 2.45) is 0 Å². The molecular weight excluding hydrogens is 388 g/mol. The molecule has 0 saturated carbocycles. The molecule has 0 spiro atoms. The quantitative estimate of drug-likeness (QED) is 0.708. The molecule has 1 amide bonds. The third kappa shape index (κ3) is 4.32. The van der Waals surface area contributed by atoms with Gasteiger partial charge in [-0.1, -0.05) is 11.6 Å². The number of rotatable bonds is 2. The number of nitrogens with zero attached hydrogens (tertiary/aromatic N) is 4. The van der Waals surface area contributed by atoms with Crippen molar-refractivity contribution in [1.82, 2.24) is 14.9 Å². The Bertz CT molecular complexity index is 898. The zero-order valence-corrected chi connectivity index (χ0v) is 17.9. The molecular formula is C22H27ClN4O2. The number of anilines is 1. The summed E-state index contributed by atoms with van der Waals surface area (Å²) in [7, 11) is 0. The highest BCUT2D eigenvalue weighted by Gasteiger charge is 2.35. The SMILES string of the molecule is CC(C)(C)OC(=O)N1CCCC1c1cc(Cl)cc2c1CN(c1ccncn1)CC2. The molecule has 1 unspecified atom stereocenters. The van der Waals surface area contributed by atoms with E-state index in [-0.39, 0.29) is 12.1 Å². The minimum Gasteiger partial charge on any atom is -0.444 e. The minimum atomic E-state index is -0.512. The number of aromatic nitrogens is 2. The summed E-state index contributed by atoms with van der Waals surface area (Å²) in [6, 6.07) is 6.01. The number of benzene rings is 1. The van der Waals surface area contributed by atoms with Crippen LogP contribution in [0.2, 0.25) is 5.02 Å². The Hall–Kier alpha value is -2.34. The number of likely N-dealkylation sites (tertiary alicyclic amines) is 1. The molecule has 1 atom stereocenters. The van der Waals surface area contributed by atoms with Crippen LogP contribution in [0.5, 0.6) is 0 Å². The number of fused-ring (bicyclic) bond motifs is 1. The van der Waals surface area contributed by atoms with Gasteiger partial charge in [0, 0.05) is 30.9 Å². The van der Waals surface area contributed by atoms with E-state index in [0.29, 0.717) is 6.54 Å². The number of halogens is 1. The molecule has 154 valence electrons. The van der Waals surface area contributed by atoms with Crippen LogP contribution in [0, 0.1) is 0 Å². The van der Waals surface area contributed by atoms with Crippen LogP contribution in [0.25, 0.3) is 0 Å². The number of ether oxygens (including phenoxy) is 1. The van der Waals surface area contributed by atoms with Gasteiger partial charge in [-0.05, 0) is 74.9 Å². The van der Waals surface area contributed by atoms with Gasteiger partial charge in [0.1, 0.15) is 17.7 Å². The lowest BCUT2D eigenvalue weighted by molar-refractivity contribution is 0.0224. The lowest BCUT2D eigenvalue weighted by atomic mass is 9.90. The van der Waals surface area contributed by atoms with E-state index < -0.39 is 5.60 Å². The molecule has 3 heterocycles. The summed E-state index contributed by atoms with van der Waals surface area (Å²) in [4.78, 5) is 25.4. The van der Waals surface area contributed by atoms with Gasteiger partial charge in [0.25, 0.3) is 0 Å². The van der Waals surface area contributed by atoms with Gasteiger partial charge in [0.15, 0.2) is 0 Å². The first-order chi connectivity index (χ1) is 13.8. The average Bonchev–Trinajstić information content (AvgIpc) is 3.16. The Kier molecular flexibility index (Phi) is 5.38. The van der Waals surface area contributed by atoms with E-state index in [1.54, 1.807) is 12.5 Å². The van der Waals surface area contributed by atoms with Crippen molar-refractivity contribution >= 4 is 23.5 Å². The molecule has 1 fully saturated rings. The molecule has 1 aromatic heterocycles. The Morgan fingerprint density at radius 1 is 1.28 bits per heavy atom. The molecule has 1 saturated heterocycles. The highest BCUT2D eigenvalue weighted by molar-refractivity contribution is 6.30. The van der Waals surface area contributed by atoms with E-state index in [0.717, 1.165) is 48.8 Å². The van der Waals surface area contributed by atoms with Crippen molar-refractivity contribution in [3.05, 3.63) is 52.4 Å². The normalized spacial score (nSPS) is 19.2. The first kappa shape index (κ1) is 20.0. The smallest absolute Gasteiger partial charge is 0.410 e. The molecule has 4 rings (SSSR count). The predicted molar refractivity (Wildman–Crippen MR) is 113 cm³/mol. The van der Waals surface area contributed by atoms with Crippen LogP contribution < -0.4 is 4.90 Å². The fourth-order valence-corrected chi connectivity index (χ4v) is 4.50. The average molecular weight is 415 g/mol. The maximum Gasteiger partial charge on any atom is 0.410 e. The predicted octanol–water partition coefficient (Wildman–Crippen LogP) is 4.76. The molecule has 6 nitrogen and oxygen atoms in total. The molecule has 0 radical (unpaired) electrons. The van der Waals surface area contributed by atoms with Crippen molar-refractivity contribution in [3.63, 3.8) is 0 Å². The second kappa shape index (κ2) is 7.82. The lowest BCUT2D eigenvalue weighted by Gasteiger charge is -2.34. The van der Waals surface area contributed by atoms with Gasteiger partial charge >= 0.3 is 6.09 Å². The van der Waals surface area contributed by atoms with Crippen molar-refractivity contribution in [3.8, 4) is 0 Å². The van der Waals surface area contributed by atoms with Crippen molar-refractivity contribution < 1.29 is 9.53 Å². The monoisotopic (exact) mass is 414 g/mol. The van der Waals surface area contributed by atoms with E-state index in [9.17, 15) is 4.79 Å². The fourth-order valence-electron chi connectivity index (χ4n) is 4.25. The Balaban J connectivity index is 1.66. The van der Waals surface area contributed by atoms with Crippen LogP contribution in [0.3, 0.4) is 0 Å².